The first-order valence-corrected chi connectivity index (χ1v) is 14.5. The number of fused-ring (bicyclic) bond motifs is 3. The van der Waals surface area contributed by atoms with E-state index in [2.05, 4.69) is 27.3 Å². The molecule has 1 aromatic rings. The second-order valence-corrected chi connectivity index (χ2v) is 12.4. The van der Waals surface area contributed by atoms with Gasteiger partial charge in [0.25, 0.3) is 0 Å². The summed E-state index contributed by atoms with van der Waals surface area (Å²) in [7, 11) is 0. The normalized spacial score (nSPS) is 29.8. The number of nitrogens with one attached hydrogen (secondary N) is 4. The zero-order valence-corrected chi connectivity index (χ0v) is 24.5. The number of alkyl carbamates (subject to hydrolysis) is 1. The summed E-state index contributed by atoms with van der Waals surface area (Å²) in [5.74, 6) is -2.49. The lowest BCUT2D eigenvalue weighted by Gasteiger charge is -2.38. The highest BCUT2D eigenvalue weighted by Gasteiger charge is 2.49. The van der Waals surface area contributed by atoms with Gasteiger partial charge in [0.05, 0.1) is 6.07 Å². The summed E-state index contributed by atoms with van der Waals surface area (Å²) in [6, 6.07) is 7.33. The Hall–Kier alpha value is -4.14. The maximum Gasteiger partial charge on any atom is 0.408 e. The summed E-state index contributed by atoms with van der Waals surface area (Å²) in [5.41, 5.74) is -0.250. The molecule has 3 aliphatic heterocycles. The third-order valence-electron chi connectivity index (χ3n) is 8.59. The molecule has 1 aromatic carbocycles. The van der Waals surface area contributed by atoms with E-state index in [0.29, 0.717) is 6.42 Å². The Labute approximate surface area is 245 Å². The van der Waals surface area contributed by atoms with Gasteiger partial charge in [0.15, 0.2) is 0 Å². The van der Waals surface area contributed by atoms with Gasteiger partial charge in [-0.2, -0.15) is 5.26 Å². The molecule has 5 amide bonds. The molecule has 12 nitrogen and oxygen atoms in total. The number of rotatable bonds is 4. The van der Waals surface area contributed by atoms with Gasteiger partial charge in [0.2, 0.25) is 23.6 Å². The highest BCUT2D eigenvalue weighted by molar-refractivity contribution is 5.94. The Kier molecular flexibility index (Phi) is 9.39. The summed E-state index contributed by atoms with van der Waals surface area (Å²) >= 11 is 0. The maximum atomic E-state index is 14.2. The van der Waals surface area contributed by atoms with Crippen LogP contribution in [-0.2, 0) is 30.5 Å². The van der Waals surface area contributed by atoms with Crippen molar-refractivity contribution in [3.63, 3.8) is 0 Å². The van der Waals surface area contributed by atoms with Gasteiger partial charge in [-0.15, -0.1) is 0 Å². The quantitative estimate of drug-likeness (QED) is 0.415. The number of carbonyl (C=O) groups excluding carboxylic acids is 5. The molecule has 42 heavy (non-hydrogen) atoms. The van der Waals surface area contributed by atoms with Crippen molar-refractivity contribution in [3.8, 4) is 6.07 Å². The Morgan fingerprint density at radius 2 is 1.81 bits per heavy atom. The monoisotopic (exact) mass is 580 g/mol. The fourth-order valence-corrected chi connectivity index (χ4v) is 6.08. The molecule has 0 aromatic heterocycles. The average Bonchev–Trinajstić information content (AvgIpc) is 3.57. The smallest absolute Gasteiger partial charge is 0.408 e. The zero-order chi connectivity index (χ0) is 30.6. The number of hydrogen-bond donors (Lipinski definition) is 4. The Balaban J connectivity index is 1.66. The lowest BCUT2D eigenvalue weighted by Crippen LogP contribution is -2.61. The van der Waals surface area contributed by atoms with Crippen molar-refractivity contribution in [1.82, 2.24) is 26.2 Å². The maximum absolute atomic E-state index is 14.2. The van der Waals surface area contributed by atoms with Gasteiger partial charge in [0, 0.05) is 24.4 Å². The number of benzene rings is 1. The van der Waals surface area contributed by atoms with E-state index in [0.717, 1.165) is 5.56 Å². The SMILES string of the molecule is CC(C)[C@H]1CCN2C(=O)[C@@H](NC(=O)OCc3ccccc3)C(C)(C)CNC(=O)[C@@H]3C[C@@H](C[C@H](C#N)NC(=O)[C@H]12)C(=O)N3. The van der Waals surface area contributed by atoms with E-state index in [9.17, 15) is 29.2 Å². The van der Waals surface area contributed by atoms with Gasteiger partial charge in [-0.1, -0.05) is 58.0 Å². The molecule has 12 heteroatoms. The highest BCUT2D eigenvalue weighted by atomic mass is 16.5. The predicted octanol–water partition coefficient (Wildman–Crippen LogP) is 1.21. The molecule has 2 bridgehead atoms. The standard InChI is InChI=1S/C30H40N6O6/c1-17(2)21-10-11-36-23(21)27(39)33-20(14-31)12-19-13-22(34-25(19)37)26(38)32-16-30(3,4)24(28(36)40)35-29(41)42-15-18-8-6-5-7-9-18/h5-9,17,19-24H,10-13,15-16H2,1-4H3,(H,32,38)(H,33,39)(H,34,37)(H,35,41)/t19-,20-,21-,22+,23+,24-/m1/s1. The van der Waals surface area contributed by atoms with Crippen LogP contribution in [0.5, 0.6) is 0 Å². The van der Waals surface area contributed by atoms with Gasteiger partial charge >= 0.3 is 6.09 Å². The third-order valence-corrected chi connectivity index (χ3v) is 8.59. The van der Waals surface area contributed by atoms with E-state index in [-0.39, 0.29) is 50.3 Å². The molecule has 3 heterocycles. The topological polar surface area (TPSA) is 170 Å². The summed E-state index contributed by atoms with van der Waals surface area (Å²) in [6.45, 7) is 7.69. The van der Waals surface area contributed by atoms with Crippen molar-refractivity contribution in [2.45, 2.75) is 77.7 Å². The van der Waals surface area contributed by atoms with Crippen molar-refractivity contribution >= 4 is 29.7 Å². The van der Waals surface area contributed by atoms with Crippen LogP contribution in [0.4, 0.5) is 4.79 Å². The Bertz CT molecular complexity index is 1240. The van der Waals surface area contributed by atoms with Crippen molar-refractivity contribution in [3.05, 3.63) is 35.9 Å². The number of nitriles is 1. The minimum Gasteiger partial charge on any atom is -0.445 e. The molecule has 3 saturated heterocycles. The lowest BCUT2D eigenvalue weighted by molar-refractivity contribution is -0.143. The molecule has 4 rings (SSSR count). The molecular weight excluding hydrogens is 540 g/mol. The molecule has 0 aliphatic carbocycles. The van der Waals surface area contributed by atoms with Crippen LogP contribution in [0, 0.1) is 34.5 Å². The second-order valence-electron chi connectivity index (χ2n) is 12.4. The largest absolute Gasteiger partial charge is 0.445 e. The van der Waals surface area contributed by atoms with Crippen LogP contribution in [-0.4, -0.2) is 71.9 Å². The molecule has 6 atom stereocenters. The molecule has 4 N–H and O–H groups in total. The summed E-state index contributed by atoms with van der Waals surface area (Å²) in [4.78, 5) is 68.1. The van der Waals surface area contributed by atoms with E-state index in [1.165, 1.54) is 4.90 Å². The van der Waals surface area contributed by atoms with Crippen molar-refractivity contribution < 1.29 is 28.7 Å². The van der Waals surface area contributed by atoms with Crippen LogP contribution in [0.15, 0.2) is 30.3 Å². The van der Waals surface area contributed by atoms with E-state index < -0.39 is 59.3 Å². The average molecular weight is 581 g/mol. The fraction of sp³-hybridized carbons (Fsp3) is 0.600. The number of ether oxygens (including phenoxy) is 1. The molecule has 0 radical (unpaired) electrons. The molecular formula is C30H40N6O6. The molecule has 0 spiro atoms. The van der Waals surface area contributed by atoms with Crippen LogP contribution in [0.2, 0.25) is 0 Å². The van der Waals surface area contributed by atoms with Gasteiger partial charge in [-0.3, -0.25) is 19.2 Å². The van der Waals surface area contributed by atoms with Gasteiger partial charge in [0.1, 0.15) is 30.8 Å². The van der Waals surface area contributed by atoms with Gasteiger partial charge in [-0.05, 0) is 36.7 Å². The van der Waals surface area contributed by atoms with Crippen molar-refractivity contribution in [2.75, 3.05) is 13.1 Å². The van der Waals surface area contributed by atoms with Crippen LogP contribution in [0.1, 0.15) is 52.5 Å². The van der Waals surface area contributed by atoms with E-state index in [1.54, 1.807) is 13.8 Å². The first-order valence-electron chi connectivity index (χ1n) is 14.5. The van der Waals surface area contributed by atoms with Crippen LogP contribution in [0.3, 0.4) is 0 Å². The van der Waals surface area contributed by atoms with E-state index in [4.69, 9.17) is 4.74 Å². The van der Waals surface area contributed by atoms with Crippen LogP contribution in [0.25, 0.3) is 0 Å². The second kappa shape index (κ2) is 12.8. The molecule has 0 unspecified atom stereocenters. The molecule has 226 valence electrons. The predicted molar refractivity (Wildman–Crippen MR) is 151 cm³/mol. The fourth-order valence-electron chi connectivity index (χ4n) is 6.08. The number of hydrogen-bond acceptors (Lipinski definition) is 7. The Morgan fingerprint density at radius 3 is 2.48 bits per heavy atom. The molecule has 3 fully saturated rings. The van der Waals surface area contributed by atoms with E-state index >= 15 is 0 Å². The zero-order valence-electron chi connectivity index (χ0n) is 24.5. The number of carbonyl (C=O) groups is 5. The molecule has 0 saturated carbocycles. The Morgan fingerprint density at radius 1 is 1.10 bits per heavy atom. The summed E-state index contributed by atoms with van der Waals surface area (Å²) < 4.78 is 5.42. The number of amides is 5. The van der Waals surface area contributed by atoms with Crippen LogP contribution >= 0.6 is 0 Å². The highest BCUT2D eigenvalue weighted by Crippen LogP contribution is 2.34. The lowest BCUT2D eigenvalue weighted by atomic mass is 9.82. The third kappa shape index (κ3) is 6.83. The summed E-state index contributed by atoms with van der Waals surface area (Å²) in [5, 5.41) is 20.8. The van der Waals surface area contributed by atoms with Crippen molar-refractivity contribution in [1.29, 1.82) is 5.26 Å². The van der Waals surface area contributed by atoms with Gasteiger partial charge in [-0.25, -0.2) is 4.79 Å². The first-order chi connectivity index (χ1) is 19.9. The minimum atomic E-state index is -1.16. The molecule has 3 aliphatic rings. The van der Waals surface area contributed by atoms with Gasteiger partial charge < -0.3 is 30.9 Å². The minimum absolute atomic E-state index is 0.00260. The summed E-state index contributed by atoms with van der Waals surface area (Å²) in [6.07, 6.45) is -0.0253. The van der Waals surface area contributed by atoms with E-state index in [1.807, 2.05) is 44.2 Å². The van der Waals surface area contributed by atoms with Crippen molar-refractivity contribution in [2.24, 2.45) is 23.2 Å². The van der Waals surface area contributed by atoms with Crippen LogP contribution < -0.4 is 21.3 Å². The number of nitrogens with zero attached hydrogens (tertiary/aromatic N) is 2. The first kappa shape index (κ1) is 30.8.